The highest BCUT2D eigenvalue weighted by Crippen LogP contribution is 2.40. The largest absolute Gasteiger partial charge is 0.493 e. The number of nitrogens with one attached hydrogen (secondary N) is 1. The maximum Gasteiger partial charge on any atom is 0.313 e. The van der Waals surface area contributed by atoms with E-state index in [0.29, 0.717) is 58.3 Å². The Kier molecular flexibility index (Phi) is 7.53. The Balaban J connectivity index is 1.42. The van der Waals surface area contributed by atoms with E-state index in [1.165, 1.54) is 7.11 Å². The minimum absolute atomic E-state index is 0.0884. The SMILES string of the molecule is COC(=O)C1CCOc2cc(Oc3ccc(C(=O)NC4CCC(C(C)(C)C)CC4)cc3)c(C#N)cc21. The van der Waals surface area contributed by atoms with Crippen molar-refractivity contribution in [3.8, 4) is 23.3 Å². The second-order valence-electron chi connectivity index (χ2n) is 10.7. The topological polar surface area (TPSA) is 97.7 Å². The monoisotopic (exact) mass is 490 g/mol. The third-order valence-electron chi connectivity index (χ3n) is 7.39. The van der Waals surface area contributed by atoms with Crippen molar-refractivity contribution in [3.63, 3.8) is 0 Å². The molecule has 1 unspecified atom stereocenters. The number of amides is 1. The van der Waals surface area contributed by atoms with Crippen LogP contribution >= 0.6 is 0 Å². The number of rotatable bonds is 5. The van der Waals surface area contributed by atoms with Crippen LogP contribution in [0.2, 0.25) is 0 Å². The van der Waals surface area contributed by atoms with Crippen molar-refractivity contribution in [2.24, 2.45) is 11.3 Å². The molecule has 2 aliphatic rings. The molecule has 1 N–H and O–H groups in total. The van der Waals surface area contributed by atoms with Crippen molar-refractivity contribution in [3.05, 3.63) is 53.1 Å². The molecule has 7 heteroatoms. The zero-order chi connectivity index (χ0) is 25.9. The number of nitriles is 1. The normalized spacial score (nSPS) is 21.4. The molecule has 1 aliphatic carbocycles. The van der Waals surface area contributed by atoms with Crippen LogP contribution in [0, 0.1) is 22.7 Å². The molecule has 1 aliphatic heterocycles. The van der Waals surface area contributed by atoms with Crippen molar-refractivity contribution in [2.45, 2.75) is 64.8 Å². The second kappa shape index (κ2) is 10.6. The van der Waals surface area contributed by atoms with Crippen LogP contribution in [0.5, 0.6) is 17.2 Å². The molecule has 1 saturated carbocycles. The molecule has 1 heterocycles. The van der Waals surface area contributed by atoms with E-state index in [4.69, 9.17) is 14.2 Å². The number of carbonyl (C=O) groups is 2. The molecular weight excluding hydrogens is 456 g/mol. The van der Waals surface area contributed by atoms with Crippen molar-refractivity contribution < 1.29 is 23.8 Å². The molecule has 7 nitrogen and oxygen atoms in total. The fourth-order valence-corrected chi connectivity index (χ4v) is 5.15. The average Bonchev–Trinajstić information content (AvgIpc) is 2.87. The van der Waals surface area contributed by atoms with Crippen molar-refractivity contribution >= 4 is 11.9 Å². The zero-order valence-corrected chi connectivity index (χ0v) is 21.4. The molecule has 190 valence electrons. The molecule has 0 radical (unpaired) electrons. The maximum atomic E-state index is 12.8. The lowest BCUT2D eigenvalue weighted by atomic mass is 9.71. The maximum absolute atomic E-state index is 12.8. The second-order valence-corrected chi connectivity index (χ2v) is 10.7. The first-order chi connectivity index (χ1) is 17.2. The van der Waals surface area contributed by atoms with Crippen LogP contribution in [-0.2, 0) is 9.53 Å². The van der Waals surface area contributed by atoms with E-state index >= 15 is 0 Å². The highest BCUT2D eigenvalue weighted by molar-refractivity contribution is 5.94. The van der Waals surface area contributed by atoms with Gasteiger partial charge >= 0.3 is 5.97 Å². The van der Waals surface area contributed by atoms with Gasteiger partial charge in [-0.25, -0.2) is 0 Å². The Morgan fingerprint density at radius 3 is 2.36 bits per heavy atom. The number of fused-ring (bicyclic) bond motifs is 1. The Bertz CT molecular complexity index is 1150. The predicted molar refractivity (Wildman–Crippen MR) is 135 cm³/mol. The number of nitrogens with zero attached hydrogens (tertiary/aromatic N) is 1. The van der Waals surface area contributed by atoms with Gasteiger partial charge in [0.2, 0.25) is 0 Å². The molecule has 0 bridgehead atoms. The van der Waals surface area contributed by atoms with Crippen molar-refractivity contribution in [2.75, 3.05) is 13.7 Å². The summed E-state index contributed by atoms with van der Waals surface area (Å²) in [6, 6.07) is 12.5. The summed E-state index contributed by atoms with van der Waals surface area (Å²) in [5, 5.41) is 12.8. The van der Waals surface area contributed by atoms with Gasteiger partial charge in [0.25, 0.3) is 5.91 Å². The minimum atomic E-state index is -0.471. The third kappa shape index (κ3) is 5.64. The number of esters is 1. The molecule has 36 heavy (non-hydrogen) atoms. The smallest absolute Gasteiger partial charge is 0.313 e. The molecule has 0 aromatic heterocycles. The van der Waals surface area contributed by atoms with E-state index in [1.54, 1.807) is 36.4 Å². The fraction of sp³-hybridized carbons (Fsp3) is 0.483. The minimum Gasteiger partial charge on any atom is -0.493 e. The van der Waals surface area contributed by atoms with Gasteiger partial charge in [0, 0.05) is 23.2 Å². The number of ether oxygens (including phenoxy) is 3. The molecule has 1 atom stereocenters. The predicted octanol–water partition coefficient (Wildman–Crippen LogP) is 5.72. The number of hydrogen-bond donors (Lipinski definition) is 1. The van der Waals surface area contributed by atoms with Gasteiger partial charge in [-0.05, 0) is 73.8 Å². The van der Waals surface area contributed by atoms with Gasteiger partial charge in [-0.1, -0.05) is 20.8 Å². The van der Waals surface area contributed by atoms with Gasteiger partial charge < -0.3 is 19.5 Å². The van der Waals surface area contributed by atoms with E-state index < -0.39 is 5.92 Å². The van der Waals surface area contributed by atoms with E-state index in [1.807, 2.05) is 0 Å². The van der Waals surface area contributed by atoms with Gasteiger partial charge in [0.1, 0.15) is 23.3 Å². The highest BCUT2D eigenvalue weighted by atomic mass is 16.5. The van der Waals surface area contributed by atoms with Gasteiger partial charge in [0.05, 0.1) is 25.2 Å². The summed E-state index contributed by atoms with van der Waals surface area (Å²) in [5.74, 6) is 1.11. The first-order valence-corrected chi connectivity index (χ1v) is 12.6. The van der Waals surface area contributed by atoms with Crippen LogP contribution < -0.4 is 14.8 Å². The standard InChI is InChI=1S/C29H34N2O5/c1-29(2,3)20-7-9-21(10-8-20)31-27(32)18-5-11-22(12-6-18)36-25-16-26-24(15-19(25)17-30)23(13-14-35-26)28(33)34-4/h5-6,11-12,15-16,20-21,23H,7-10,13-14H2,1-4H3,(H,31,32). The first kappa shape index (κ1) is 25.6. The molecule has 1 amide bonds. The molecule has 0 saturated heterocycles. The number of hydrogen-bond acceptors (Lipinski definition) is 6. The van der Waals surface area contributed by atoms with Crippen LogP contribution in [0.1, 0.15) is 80.3 Å². The quantitative estimate of drug-likeness (QED) is 0.538. The summed E-state index contributed by atoms with van der Waals surface area (Å²) in [6.07, 6.45) is 4.76. The lowest BCUT2D eigenvalue weighted by molar-refractivity contribution is -0.143. The summed E-state index contributed by atoms with van der Waals surface area (Å²) in [6.45, 7) is 7.24. The van der Waals surface area contributed by atoms with Gasteiger partial charge in [-0.2, -0.15) is 5.26 Å². The number of methoxy groups -OCH3 is 1. The van der Waals surface area contributed by atoms with Crippen LogP contribution in [-0.4, -0.2) is 31.6 Å². The van der Waals surface area contributed by atoms with Crippen LogP contribution in [0.3, 0.4) is 0 Å². The lowest BCUT2D eigenvalue weighted by Gasteiger charge is -2.37. The molecule has 4 rings (SSSR count). The van der Waals surface area contributed by atoms with Gasteiger partial charge in [-0.15, -0.1) is 0 Å². The van der Waals surface area contributed by atoms with Crippen molar-refractivity contribution in [1.29, 1.82) is 5.26 Å². The van der Waals surface area contributed by atoms with E-state index in [2.05, 4.69) is 32.2 Å². The Morgan fingerprint density at radius 2 is 1.75 bits per heavy atom. The van der Waals surface area contributed by atoms with E-state index in [-0.39, 0.29) is 17.9 Å². The molecule has 0 spiro atoms. The van der Waals surface area contributed by atoms with Crippen LogP contribution in [0.25, 0.3) is 0 Å². The summed E-state index contributed by atoms with van der Waals surface area (Å²) in [5.41, 5.74) is 1.79. The highest BCUT2D eigenvalue weighted by Gasteiger charge is 2.31. The number of carbonyl (C=O) groups excluding carboxylic acids is 2. The van der Waals surface area contributed by atoms with Gasteiger partial charge in [0.15, 0.2) is 0 Å². The van der Waals surface area contributed by atoms with Crippen molar-refractivity contribution in [1.82, 2.24) is 5.32 Å². The molecule has 2 aromatic carbocycles. The fourth-order valence-electron chi connectivity index (χ4n) is 5.15. The van der Waals surface area contributed by atoms with Crippen LogP contribution in [0.4, 0.5) is 0 Å². The zero-order valence-electron chi connectivity index (χ0n) is 21.4. The summed E-state index contributed by atoms with van der Waals surface area (Å²) < 4.78 is 16.6. The third-order valence-corrected chi connectivity index (χ3v) is 7.39. The Labute approximate surface area is 212 Å². The molecule has 2 aromatic rings. The van der Waals surface area contributed by atoms with Crippen LogP contribution in [0.15, 0.2) is 36.4 Å². The Morgan fingerprint density at radius 1 is 1.06 bits per heavy atom. The summed E-state index contributed by atoms with van der Waals surface area (Å²) in [4.78, 5) is 24.9. The number of benzene rings is 2. The molecule has 1 fully saturated rings. The first-order valence-electron chi connectivity index (χ1n) is 12.6. The Hall–Kier alpha value is -3.53. The van der Waals surface area contributed by atoms with Gasteiger partial charge in [-0.3, -0.25) is 9.59 Å². The van der Waals surface area contributed by atoms with E-state index in [0.717, 1.165) is 25.7 Å². The lowest BCUT2D eigenvalue weighted by Crippen LogP contribution is -2.39. The average molecular weight is 491 g/mol. The summed E-state index contributed by atoms with van der Waals surface area (Å²) >= 11 is 0. The summed E-state index contributed by atoms with van der Waals surface area (Å²) in [7, 11) is 1.35. The molecular formula is C29H34N2O5. The van der Waals surface area contributed by atoms with E-state index in [9.17, 15) is 14.9 Å².